The number of aliphatic hydroxyl groups excluding tert-OH is 1. The second-order valence-electron chi connectivity index (χ2n) is 10.1. The molecule has 212 valence electrons. The molecule has 1 saturated heterocycles. The zero-order valence-electron chi connectivity index (χ0n) is 23.4. The van der Waals surface area contributed by atoms with Crippen molar-refractivity contribution in [2.45, 2.75) is 45.8 Å². The number of piperidine rings is 1. The number of anilines is 1. The van der Waals surface area contributed by atoms with Crippen LogP contribution >= 0.6 is 0 Å². The summed E-state index contributed by atoms with van der Waals surface area (Å²) in [6.45, 7) is 7.57. The van der Waals surface area contributed by atoms with Gasteiger partial charge >= 0.3 is 0 Å². The van der Waals surface area contributed by atoms with E-state index in [-0.39, 0.29) is 12.6 Å². The average molecular weight is 559 g/mol. The fourth-order valence-electron chi connectivity index (χ4n) is 4.93. The lowest BCUT2D eigenvalue weighted by Gasteiger charge is -2.38. The van der Waals surface area contributed by atoms with Crippen LogP contribution in [0.3, 0.4) is 0 Å². The van der Waals surface area contributed by atoms with Gasteiger partial charge in [-0.3, -0.25) is 0 Å². The molecule has 1 aromatic carbocycles. The Morgan fingerprint density at radius 2 is 2.05 bits per heavy atom. The Bertz CT molecular complexity index is 1390. The van der Waals surface area contributed by atoms with Crippen LogP contribution in [0, 0.1) is 20.8 Å². The average Bonchev–Trinajstić information content (AvgIpc) is 3.24. The normalized spacial score (nSPS) is 17.0. The molecule has 0 aliphatic carbocycles. The lowest BCUT2D eigenvalue weighted by molar-refractivity contribution is 0.108. The van der Waals surface area contributed by atoms with Gasteiger partial charge in [-0.05, 0) is 52.8 Å². The van der Waals surface area contributed by atoms with Gasteiger partial charge in [0.15, 0.2) is 5.82 Å². The van der Waals surface area contributed by atoms with Gasteiger partial charge in [0.25, 0.3) is 0 Å². The van der Waals surface area contributed by atoms with Crippen LogP contribution in [-0.2, 0) is 10.0 Å². The summed E-state index contributed by atoms with van der Waals surface area (Å²) in [7, 11) is 0.0824. The molecule has 3 aromatic rings. The van der Waals surface area contributed by atoms with Gasteiger partial charge in [-0.2, -0.15) is 0 Å². The van der Waals surface area contributed by atoms with Gasteiger partial charge in [0.1, 0.15) is 30.0 Å². The Balaban J connectivity index is 1.77. The quantitative estimate of drug-likeness (QED) is 0.382. The molecule has 0 radical (unpaired) electrons. The van der Waals surface area contributed by atoms with E-state index in [0.717, 1.165) is 53.3 Å². The van der Waals surface area contributed by atoms with Gasteiger partial charge in [-0.15, -0.1) is 0 Å². The van der Waals surface area contributed by atoms with Gasteiger partial charge in [0.2, 0.25) is 10.0 Å². The summed E-state index contributed by atoms with van der Waals surface area (Å²) in [5, 5.41) is 17.1. The lowest BCUT2D eigenvalue weighted by Crippen LogP contribution is -2.48. The largest absolute Gasteiger partial charge is 0.491 e. The highest BCUT2D eigenvalue weighted by Gasteiger charge is 2.31. The van der Waals surface area contributed by atoms with Crippen molar-refractivity contribution in [3.8, 4) is 28.4 Å². The molecule has 2 N–H and O–H groups in total. The molecule has 1 aliphatic rings. The second-order valence-corrected chi connectivity index (χ2v) is 12.2. The number of sulfonamides is 1. The zero-order chi connectivity index (χ0) is 28.3. The maximum atomic E-state index is 12.3. The maximum Gasteiger partial charge on any atom is 0.211 e. The number of rotatable bonds is 10. The first-order valence-electron chi connectivity index (χ1n) is 13.0. The Morgan fingerprint density at radius 1 is 1.28 bits per heavy atom. The summed E-state index contributed by atoms with van der Waals surface area (Å²) >= 11 is 0. The molecule has 0 spiro atoms. The number of benzene rings is 1. The summed E-state index contributed by atoms with van der Waals surface area (Å²) < 4.78 is 37.3. The smallest absolute Gasteiger partial charge is 0.211 e. The number of nitrogens with one attached hydrogen (secondary N) is 1. The second kappa shape index (κ2) is 12.0. The van der Waals surface area contributed by atoms with Crippen LogP contribution in [-0.4, -0.2) is 91.7 Å². The maximum absolute atomic E-state index is 12.3. The summed E-state index contributed by atoms with van der Waals surface area (Å²) in [5.74, 6) is 2.51. The minimum Gasteiger partial charge on any atom is -0.491 e. The molecule has 1 aliphatic heterocycles. The Labute approximate surface area is 230 Å². The minimum absolute atomic E-state index is 0.150. The molecular weight excluding hydrogens is 520 g/mol. The van der Waals surface area contributed by atoms with Crippen molar-refractivity contribution < 1.29 is 22.8 Å². The van der Waals surface area contributed by atoms with Crippen molar-refractivity contribution in [3.05, 3.63) is 41.3 Å². The molecule has 2 atom stereocenters. The van der Waals surface area contributed by atoms with Gasteiger partial charge in [0, 0.05) is 43.9 Å². The third-order valence-corrected chi connectivity index (χ3v) is 8.44. The number of nitrogens with zero attached hydrogens (tertiary/aromatic N) is 5. The molecule has 39 heavy (non-hydrogen) atoms. The number of ether oxygens (including phenoxy) is 1. The first-order valence-corrected chi connectivity index (χ1v) is 14.9. The highest BCUT2D eigenvalue weighted by Crippen LogP contribution is 2.36. The molecule has 12 heteroatoms. The van der Waals surface area contributed by atoms with E-state index in [9.17, 15) is 13.5 Å². The molecule has 0 amide bonds. The first-order chi connectivity index (χ1) is 18.5. The Hall–Kier alpha value is -3.06. The van der Waals surface area contributed by atoms with Gasteiger partial charge in [0.05, 0.1) is 23.2 Å². The van der Waals surface area contributed by atoms with Crippen LogP contribution in [0.1, 0.15) is 29.9 Å². The highest BCUT2D eigenvalue weighted by atomic mass is 32.2. The van der Waals surface area contributed by atoms with Crippen LogP contribution < -0.4 is 15.0 Å². The van der Waals surface area contributed by atoms with E-state index < -0.39 is 16.1 Å². The van der Waals surface area contributed by atoms with E-state index in [4.69, 9.17) is 19.2 Å². The fraction of sp³-hybridized carbons (Fsp3) is 0.519. The molecule has 3 heterocycles. The molecule has 1 fully saturated rings. The number of hydrogen-bond donors (Lipinski definition) is 2. The van der Waals surface area contributed by atoms with Crippen molar-refractivity contribution in [2.24, 2.45) is 0 Å². The molecule has 2 aromatic heterocycles. The van der Waals surface area contributed by atoms with Crippen LogP contribution in [0.15, 0.2) is 28.8 Å². The van der Waals surface area contributed by atoms with Crippen molar-refractivity contribution in [1.82, 2.24) is 24.7 Å². The van der Waals surface area contributed by atoms with Crippen LogP contribution in [0.4, 0.5) is 5.82 Å². The highest BCUT2D eigenvalue weighted by molar-refractivity contribution is 7.88. The standard InChI is InChI=1S/C27H38N6O5S/c1-17-25(24-18(2)31-38-19(24)3)29-26(20-9-7-11-23(13-20)37-16-22(34)14-28-4)30-27(17)33-12-8-10-21(15-33)32(5)39(6,35)36/h7,9,11,13,21-22,28,34H,8,10,12,14-16H2,1-6H3. The third-order valence-electron chi connectivity index (χ3n) is 7.10. The molecule has 4 rings (SSSR count). The van der Waals surface area contributed by atoms with Crippen molar-refractivity contribution >= 4 is 15.8 Å². The third kappa shape index (κ3) is 6.57. The molecule has 0 bridgehead atoms. The van der Waals surface area contributed by atoms with Crippen LogP contribution in [0.2, 0.25) is 0 Å². The molecule has 2 unspecified atom stereocenters. The number of hydrogen-bond acceptors (Lipinski definition) is 10. The SMILES string of the molecule is CNCC(O)COc1cccc(-c2nc(-c3c(C)noc3C)c(C)c(N3CCCC(N(C)S(C)(=O)=O)C3)n2)c1. The molecule has 0 saturated carbocycles. The summed E-state index contributed by atoms with van der Waals surface area (Å²) in [5.41, 5.74) is 3.91. The topological polar surface area (TPSA) is 134 Å². The summed E-state index contributed by atoms with van der Waals surface area (Å²) in [6.07, 6.45) is 2.22. The van der Waals surface area contributed by atoms with Gasteiger partial charge in [-0.25, -0.2) is 22.7 Å². The van der Waals surface area contributed by atoms with Crippen molar-refractivity contribution in [1.29, 1.82) is 0 Å². The van der Waals surface area contributed by atoms with E-state index in [1.54, 1.807) is 14.1 Å². The van der Waals surface area contributed by atoms with Crippen LogP contribution in [0.25, 0.3) is 22.6 Å². The zero-order valence-corrected chi connectivity index (χ0v) is 24.2. The number of likely N-dealkylation sites (N-methyl/N-ethyl adjacent to an activating group) is 2. The van der Waals surface area contributed by atoms with Gasteiger partial charge < -0.3 is 24.6 Å². The number of aromatic nitrogens is 3. The summed E-state index contributed by atoms with van der Waals surface area (Å²) in [4.78, 5) is 12.1. The summed E-state index contributed by atoms with van der Waals surface area (Å²) in [6, 6.07) is 7.31. The molecule has 11 nitrogen and oxygen atoms in total. The Morgan fingerprint density at radius 3 is 2.72 bits per heavy atom. The van der Waals surface area contributed by atoms with E-state index >= 15 is 0 Å². The number of aliphatic hydroxyl groups is 1. The van der Waals surface area contributed by atoms with Gasteiger partial charge in [-0.1, -0.05) is 17.3 Å². The van der Waals surface area contributed by atoms with E-state index in [1.807, 2.05) is 45.0 Å². The first kappa shape index (κ1) is 28.9. The van der Waals surface area contributed by atoms with E-state index in [2.05, 4.69) is 15.4 Å². The number of aryl methyl sites for hydroxylation is 2. The minimum atomic E-state index is -3.33. The van der Waals surface area contributed by atoms with E-state index in [1.165, 1.54) is 10.6 Å². The monoisotopic (exact) mass is 558 g/mol. The van der Waals surface area contributed by atoms with Crippen molar-refractivity contribution in [2.75, 3.05) is 51.5 Å². The predicted octanol–water partition coefficient (Wildman–Crippen LogP) is 2.54. The lowest BCUT2D eigenvalue weighted by atomic mass is 10.0. The van der Waals surface area contributed by atoms with E-state index in [0.29, 0.717) is 30.4 Å². The van der Waals surface area contributed by atoms with Crippen LogP contribution in [0.5, 0.6) is 5.75 Å². The Kier molecular flexibility index (Phi) is 8.90. The van der Waals surface area contributed by atoms with Crippen molar-refractivity contribution in [3.63, 3.8) is 0 Å². The predicted molar refractivity (Wildman–Crippen MR) is 150 cm³/mol. The molecular formula is C27H38N6O5S. The fourth-order valence-corrected chi connectivity index (χ4v) is 5.65.